The normalized spacial score (nSPS) is 33.8. The molecule has 66 valence electrons. The Bertz CT molecular complexity index is 132. The van der Waals surface area contributed by atoms with Gasteiger partial charge in [-0.25, -0.2) is 0 Å². The van der Waals surface area contributed by atoms with E-state index in [1.54, 1.807) is 0 Å². The van der Waals surface area contributed by atoms with Crippen molar-refractivity contribution >= 4 is 0 Å². The number of alkyl halides is 3. The minimum atomic E-state index is -4.06. The molecule has 4 heteroatoms. The first-order valence-electron chi connectivity index (χ1n) is 3.80. The summed E-state index contributed by atoms with van der Waals surface area (Å²) in [7, 11) is 0. The summed E-state index contributed by atoms with van der Waals surface area (Å²) in [6, 6.07) is -1.27. The molecule has 0 aromatic heterocycles. The Hall–Kier alpha value is -0.250. The Labute approximate surface area is 64.0 Å². The van der Waals surface area contributed by atoms with Crippen LogP contribution < -0.4 is 5.32 Å². The Balaban J connectivity index is 2.46. The van der Waals surface area contributed by atoms with Crippen molar-refractivity contribution in [1.29, 1.82) is 0 Å². The zero-order valence-corrected chi connectivity index (χ0v) is 6.41. The van der Waals surface area contributed by atoms with E-state index in [4.69, 9.17) is 0 Å². The molecule has 1 rings (SSSR count). The van der Waals surface area contributed by atoms with Crippen LogP contribution in [0, 0.1) is 5.92 Å². The third-order valence-electron chi connectivity index (χ3n) is 2.06. The molecule has 0 bridgehead atoms. The number of hydrogen-bond acceptors (Lipinski definition) is 1. The average Bonchev–Trinajstić information content (AvgIpc) is 1.86. The first-order valence-corrected chi connectivity index (χ1v) is 3.80. The predicted octanol–water partition coefficient (Wildman–Crippen LogP) is 1.94. The van der Waals surface area contributed by atoms with Crippen molar-refractivity contribution in [3.63, 3.8) is 0 Å². The van der Waals surface area contributed by atoms with Gasteiger partial charge in [-0.15, -0.1) is 0 Å². The molecule has 1 N–H and O–H groups in total. The van der Waals surface area contributed by atoms with Gasteiger partial charge in [0, 0.05) is 0 Å². The molecule has 0 aromatic carbocycles. The van der Waals surface area contributed by atoms with Gasteiger partial charge in [0.1, 0.15) is 6.04 Å². The SMILES string of the molecule is C[C@@H]1CCN[C@H](C(F)(F)F)C1. The van der Waals surface area contributed by atoms with E-state index in [1.165, 1.54) is 0 Å². The van der Waals surface area contributed by atoms with Gasteiger partial charge >= 0.3 is 6.18 Å². The van der Waals surface area contributed by atoms with E-state index in [-0.39, 0.29) is 12.3 Å². The molecule has 1 aliphatic rings. The summed E-state index contributed by atoms with van der Waals surface area (Å²) in [5, 5.41) is 2.46. The fraction of sp³-hybridized carbons (Fsp3) is 1.00. The van der Waals surface area contributed by atoms with E-state index in [2.05, 4.69) is 5.32 Å². The largest absolute Gasteiger partial charge is 0.403 e. The monoisotopic (exact) mass is 167 g/mol. The molecule has 11 heavy (non-hydrogen) atoms. The average molecular weight is 167 g/mol. The number of halogens is 3. The fourth-order valence-electron chi connectivity index (χ4n) is 1.36. The maximum atomic E-state index is 12.1. The van der Waals surface area contributed by atoms with Gasteiger partial charge in [0.2, 0.25) is 0 Å². The molecule has 1 fully saturated rings. The summed E-state index contributed by atoms with van der Waals surface area (Å²) in [5.74, 6) is 0.197. The predicted molar refractivity (Wildman–Crippen MR) is 36.2 cm³/mol. The van der Waals surface area contributed by atoms with Crippen molar-refractivity contribution in [3.05, 3.63) is 0 Å². The highest BCUT2D eigenvalue weighted by molar-refractivity contribution is 4.81. The highest BCUT2D eigenvalue weighted by Gasteiger charge is 2.41. The Morgan fingerprint density at radius 2 is 2.00 bits per heavy atom. The zero-order chi connectivity index (χ0) is 8.48. The summed E-state index contributed by atoms with van der Waals surface area (Å²) in [6.07, 6.45) is -2.98. The summed E-state index contributed by atoms with van der Waals surface area (Å²) < 4.78 is 36.2. The highest BCUT2D eigenvalue weighted by Crippen LogP contribution is 2.28. The van der Waals surface area contributed by atoms with E-state index >= 15 is 0 Å². The Morgan fingerprint density at radius 3 is 2.36 bits per heavy atom. The molecule has 1 nitrogen and oxygen atoms in total. The van der Waals surface area contributed by atoms with Gasteiger partial charge in [-0.2, -0.15) is 13.2 Å². The van der Waals surface area contributed by atoms with E-state index < -0.39 is 12.2 Å². The topological polar surface area (TPSA) is 12.0 Å². The van der Waals surface area contributed by atoms with Crippen LogP contribution in [-0.2, 0) is 0 Å². The van der Waals surface area contributed by atoms with Crippen LogP contribution in [-0.4, -0.2) is 18.8 Å². The van der Waals surface area contributed by atoms with Crippen LogP contribution in [0.2, 0.25) is 0 Å². The van der Waals surface area contributed by atoms with Crippen LogP contribution in [0.4, 0.5) is 13.2 Å². The van der Waals surface area contributed by atoms with Crippen LogP contribution in [0.5, 0.6) is 0 Å². The summed E-state index contributed by atoms with van der Waals surface area (Å²) in [4.78, 5) is 0. The van der Waals surface area contributed by atoms with Crippen LogP contribution in [0.3, 0.4) is 0 Å². The minimum Gasteiger partial charge on any atom is -0.306 e. The van der Waals surface area contributed by atoms with Crippen LogP contribution in [0.1, 0.15) is 19.8 Å². The van der Waals surface area contributed by atoms with E-state index in [9.17, 15) is 13.2 Å². The molecular weight excluding hydrogens is 155 g/mol. The quantitative estimate of drug-likeness (QED) is 0.581. The van der Waals surface area contributed by atoms with Gasteiger partial charge in [0.05, 0.1) is 0 Å². The van der Waals surface area contributed by atoms with Crippen LogP contribution in [0.15, 0.2) is 0 Å². The first kappa shape index (κ1) is 8.84. The van der Waals surface area contributed by atoms with Gasteiger partial charge in [0.25, 0.3) is 0 Å². The number of hydrogen-bond donors (Lipinski definition) is 1. The maximum absolute atomic E-state index is 12.1. The van der Waals surface area contributed by atoms with Crippen molar-refractivity contribution < 1.29 is 13.2 Å². The van der Waals surface area contributed by atoms with Gasteiger partial charge < -0.3 is 5.32 Å². The molecule has 1 saturated heterocycles. The molecule has 1 heterocycles. The van der Waals surface area contributed by atoms with Gasteiger partial charge in [-0.1, -0.05) is 6.92 Å². The standard InChI is InChI=1S/C7H12F3N/c1-5-2-3-11-6(4-5)7(8,9)10/h5-6,11H,2-4H2,1H3/t5-,6+/m1/s1. The van der Waals surface area contributed by atoms with Gasteiger partial charge in [-0.3, -0.25) is 0 Å². The zero-order valence-electron chi connectivity index (χ0n) is 6.41. The van der Waals surface area contributed by atoms with Gasteiger partial charge in [0.15, 0.2) is 0 Å². The third kappa shape index (κ3) is 2.36. The maximum Gasteiger partial charge on any atom is 0.403 e. The van der Waals surface area contributed by atoms with Crippen molar-refractivity contribution in [2.75, 3.05) is 6.54 Å². The lowest BCUT2D eigenvalue weighted by Crippen LogP contribution is -2.47. The Kier molecular flexibility index (Phi) is 2.42. The molecule has 0 spiro atoms. The van der Waals surface area contributed by atoms with Crippen LogP contribution in [0.25, 0.3) is 0 Å². The lowest BCUT2D eigenvalue weighted by atomic mass is 9.94. The van der Waals surface area contributed by atoms with Crippen molar-refractivity contribution in [3.8, 4) is 0 Å². The third-order valence-corrected chi connectivity index (χ3v) is 2.06. The summed E-state index contributed by atoms with van der Waals surface area (Å²) in [6.45, 7) is 2.35. The molecule has 0 saturated carbocycles. The smallest absolute Gasteiger partial charge is 0.306 e. The molecule has 0 amide bonds. The first-order chi connectivity index (χ1) is 5.00. The van der Waals surface area contributed by atoms with Crippen molar-refractivity contribution in [1.82, 2.24) is 5.32 Å². The second kappa shape index (κ2) is 3.01. The molecule has 2 atom stereocenters. The van der Waals surface area contributed by atoms with E-state index in [0.717, 1.165) is 6.42 Å². The number of nitrogens with one attached hydrogen (secondary N) is 1. The van der Waals surface area contributed by atoms with E-state index in [0.29, 0.717) is 6.54 Å². The molecule has 0 aromatic rings. The van der Waals surface area contributed by atoms with E-state index in [1.807, 2.05) is 6.92 Å². The lowest BCUT2D eigenvalue weighted by molar-refractivity contribution is -0.163. The minimum absolute atomic E-state index is 0.197. The second-order valence-electron chi connectivity index (χ2n) is 3.18. The van der Waals surface area contributed by atoms with Gasteiger partial charge in [-0.05, 0) is 25.3 Å². The highest BCUT2D eigenvalue weighted by atomic mass is 19.4. The van der Waals surface area contributed by atoms with Crippen LogP contribution >= 0.6 is 0 Å². The number of piperidine rings is 1. The molecule has 0 aliphatic carbocycles. The number of rotatable bonds is 0. The molecular formula is C7H12F3N. The molecule has 0 unspecified atom stereocenters. The fourth-order valence-corrected chi connectivity index (χ4v) is 1.36. The molecule has 1 aliphatic heterocycles. The second-order valence-corrected chi connectivity index (χ2v) is 3.18. The Morgan fingerprint density at radius 1 is 1.36 bits per heavy atom. The lowest BCUT2D eigenvalue weighted by Gasteiger charge is -2.29. The van der Waals surface area contributed by atoms with Crippen molar-refractivity contribution in [2.24, 2.45) is 5.92 Å². The summed E-state index contributed by atoms with van der Waals surface area (Å²) in [5.41, 5.74) is 0. The summed E-state index contributed by atoms with van der Waals surface area (Å²) >= 11 is 0. The van der Waals surface area contributed by atoms with Crippen molar-refractivity contribution in [2.45, 2.75) is 32.0 Å². The molecule has 0 radical (unpaired) electrons.